The maximum atomic E-state index is 12.7. The van der Waals surface area contributed by atoms with Gasteiger partial charge in [0, 0.05) is 44.2 Å². The normalized spacial score (nSPS) is 14.2. The average molecular weight is 444 g/mol. The molecular weight excluding hydrogens is 421 g/mol. The molecule has 1 aliphatic rings. The number of aromatic nitrogens is 3. The van der Waals surface area contributed by atoms with E-state index < -0.39 is 6.36 Å². The standard InChI is InChI=1S/C23H23F3N4O2/c1-2-5-21-28-19-10-11-30(14-17(19)22(31)29-21)13-15-8-9-18(27-12-15)16-6-3-4-7-20(16)32-23(24,25)26/h3-4,6-9,12H,2,5,10-11,13-14H2,1H3,(H,28,29,31). The number of rotatable bonds is 6. The van der Waals surface area contributed by atoms with E-state index in [2.05, 4.69) is 24.6 Å². The predicted octanol–water partition coefficient (Wildman–Crippen LogP) is 4.24. The van der Waals surface area contributed by atoms with Gasteiger partial charge < -0.3 is 9.72 Å². The number of benzene rings is 1. The van der Waals surface area contributed by atoms with Crippen LogP contribution in [0.25, 0.3) is 11.3 Å². The molecule has 0 saturated carbocycles. The Hall–Kier alpha value is -3.20. The van der Waals surface area contributed by atoms with Crippen LogP contribution < -0.4 is 10.3 Å². The number of fused-ring (bicyclic) bond motifs is 1. The second-order valence-electron chi connectivity index (χ2n) is 7.74. The summed E-state index contributed by atoms with van der Waals surface area (Å²) in [5.74, 6) is 0.446. The van der Waals surface area contributed by atoms with Gasteiger partial charge in [-0.05, 0) is 30.2 Å². The Labute approximate surface area is 183 Å². The maximum Gasteiger partial charge on any atom is 0.573 e. The summed E-state index contributed by atoms with van der Waals surface area (Å²) in [4.78, 5) is 26.4. The van der Waals surface area contributed by atoms with E-state index in [9.17, 15) is 18.0 Å². The van der Waals surface area contributed by atoms with Crippen molar-refractivity contribution < 1.29 is 17.9 Å². The molecule has 168 valence electrons. The molecule has 1 aliphatic heterocycles. The highest BCUT2D eigenvalue weighted by Crippen LogP contribution is 2.32. The van der Waals surface area contributed by atoms with E-state index in [0.29, 0.717) is 30.8 Å². The first-order valence-corrected chi connectivity index (χ1v) is 10.5. The summed E-state index contributed by atoms with van der Waals surface area (Å²) in [7, 11) is 0. The fourth-order valence-corrected chi connectivity index (χ4v) is 3.85. The van der Waals surface area contributed by atoms with Crippen LogP contribution in [0.5, 0.6) is 5.75 Å². The number of aryl methyl sites for hydroxylation is 1. The van der Waals surface area contributed by atoms with Crippen molar-refractivity contribution in [3.63, 3.8) is 0 Å². The molecule has 2 aromatic heterocycles. The summed E-state index contributed by atoms with van der Waals surface area (Å²) < 4.78 is 42.2. The topological polar surface area (TPSA) is 71.1 Å². The Morgan fingerprint density at radius 2 is 2.00 bits per heavy atom. The van der Waals surface area contributed by atoms with Crippen LogP contribution in [0.4, 0.5) is 13.2 Å². The van der Waals surface area contributed by atoms with Crippen LogP contribution in [0.15, 0.2) is 47.4 Å². The van der Waals surface area contributed by atoms with Crippen LogP contribution in [0, 0.1) is 0 Å². The number of para-hydroxylation sites is 1. The van der Waals surface area contributed by atoms with Gasteiger partial charge in [0.1, 0.15) is 11.6 Å². The summed E-state index contributed by atoms with van der Waals surface area (Å²) in [6, 6.07) is 9.43. The van der Waals surface area contributed by atoms with Crippen molar-refractivity contribution in [1.29, 1.82) is 0 Å². The van der Waals surface area contributed by atoms with E-state index in [1.54, 1.807) is 18.3 Å². The lowest BCUT2D eigenvalue weighted by molar-refractivity contribution is -0.274. The molecule has 0 fully saturated rings. The first kappa shape index (κ1) is 22.0. The molecule has 0 amide bonds. The quantitative estimate of drug-likeness (QED) is 0.616. The van der Waals surface area contributed by atoms with Gasteiger partial charge in [-0.3, -0.25) is 14.7 Å². The SMILES string of the molecule is CCCc1nc2c(c(=O)[nH]1)CN(Cc1ccc(-c3ccccc3OC(F)(F)F)nc1)CC2. The molecule has 0 radical (unpaired) electrons. The summed E-state index contributed by atoms with van der Waals surface area (Å²) in [6.45, 7) is 3.87. The van der Waals surface area contributed by atoms with E-state index in [1.165, 1.54) is 18.2 Å². The van der Waals surface area contributed by atoms with Crippen molar-refractivity contribution >= 4 is 0 Å². The number of hydrogen-bond acceptors (Lipinski definition) is 5. The number of ether oxygens (including phenoxy) is 1. The number of H-pyrrole nitrogens is 1. The molecule has 3 aromatic rings. The van der Waals surface area contributed by atoms with E-state index in [4.69, 9.17) is 0 Å². The fraction of sp³-hybridized carbons (Fsp3) is 0.348. The lowest BCUT2D eigenvalue weighted by Crippen LogP contribution is -2.35. The minimum absolute atomic E-state index is 0.0853. The van der Waals surface area contributed by atoms with Gasteiger partial charge in [-0.2, -0.15) is 0 Å². The lowest BCUT2D eigenvalue weighted by atomic mass is 10.1. The van der Waals surface area contributed by atoms with E-state index in [-0.39, 0.29) is 16.9 Å². The number of aromatic amines is 1. The summed E-state index contributed by atoms with van der Waals surface area (Å²) >= 11 is 0. The maximum absolute atomic E-state index is 12.7. The fourth-order valence-electron chi connectivity index (χ4n) is 3.85. The third-order valence-electron chi connectivity index (χ3n) is 5.30. The molecule has 0 bridgehead atoms. The van der Waals surface area contributed by atoms with Crippen LogP contribution in [-0.4, -0.2) is 32.8 Å². The smallest absolute Gasteiger partial charge is 0.405 e. The Morgan fingerprint density at radius 3 is 2.72 bits per heavy atom. The summed E-state index contributed by atoms with van der Waals surface area (Å²) in [5, 5.41) is 0. The Morgan fingerprint density at radius 1 is 1.19 bits per heavy atom. The van der Waals surface area contributed by atoms with Crippen LogP contribution in [-0.2, 0) is 25.9 Å². The molecule has 0 atom stereocenters. The van der Waals surface area contributed by atoms with Crippen LogP contribution in [0.2, 0.25) is 0 Å². The highest BCUT2D eigenvalue weighted by Gasteiger charge is 2.32. The third-order valence-corrected chi connectivity index (χ3v) is 5.30. The molecule has 0 saturated heterocycles. The molecular formula is C23H23F3N4O2. The number of nitrogens with one attached hydrogen (secondary N) is 1. The van der Waals surface area contributed by atoms with Gasteiger partial charge in [0.05, 0.1) is 17.0 Å². The molecule has 0 unspecified atom stereocenters. The molecule has 4 rings (SSSR count). The van der Waals surface area contributed by atoms with Crippen molar-refractivity contribution in [2.24, 2.45) is 0 Å². The minimum Gasteiger partial charge on any atom is -0.405 e. The second-order valence-corrected chi connectivity index (χ2v) is 7.74. The molecule has 32 heavy (non-hydrogen) atoms. The molecule has 0 aliphatic carbocycles. The van der Waals surface area contributed by atoms with Crippen LogP contribution in [0.1, 0.15) is 36.0 Å². The molecule has 1 aromatic carbocycles. The number of alkyl halides is 3. The Bertz CT molecular complexity index is 1140. The average Bonchev–Trinajstić information content (AvgIpc) is 2.74. The minimum atomic E-state index is -4.77. The van der Waals surface area contributed by atoms with Crippen LogP contribution in [0.3, 0.4) is 0 Å². The van der Waals surface area contributed by atoms with Crippen molar-refractivity contribution in [2.75, 3.05) is 6.54 Å². The van der Waals surface area contributed by atoms with Crippen molar-refractivity contribution in [3.05, 3.63) is 75.6 Å². The monoisotopic (exact) mass is 444 g/mol. The van der Waals surface area contributed by atoms with Crippen molar-refractivity contribution in [3.8, 4) is 17.0 Å². The first-order valence-electron chi connectivity index (χ1n) is 10.5. The zero-order valence-electron chi connectivity index (χ0n) is 17.6. The zero-order valence-corrected chi connectivity index (χ0v) is 17.6. The van der Waals surface area contributed by atoms with Gasteiger partial charge in [0.15, 0.2) is 0 Å². The van der Waals surface area contributed by atoms with Crippen LogP contribution >= 0.6 is 0 Å². The molecule has 1 N–H and O–H groups in total. The van der Waals surface area contributed by atoms with Gasteiger partial charge in [0.2, 0.25) is 0 Å². The van der Waals surface area contributed by atoms with Crippen molar-refractivity contribution in [1.82, 2.24) is 19.9 Å². The number of nitrogens with zero attached hydrogens (tertiary/aromatic N) is 3. The number of pyridine rings is 1. The highest BCUT2D eigenvalue weighted by molar-refractivity contribution is 5.67. The molecule has 3 heterocycles. The molecule has 9 heteroatoms. The highest BCUT2D eigenvalue weighted by atomic mass is 19.4. The zero-order chi connectivity index (χ0) is 22.7. The Kier molecular flexibility index (Phi) is 6.27. The Balaban J connectivity index is 1.47. The van der Waals surface area contributed by atoms with Gasteiger partial charge in [0.25, 0.3) is 5.56 Å². The van der Waals surface area contributed by atoms with Gasteiger partial charge >= 0.3 is 6.36 Å². The van der Waals surface area contributed by atoms with E-state index in [1.807, 2.05) is 13.0 Å². The largest absolute Gasteiger partial charge is 0.573 e. The predicted molar refractivity (Wildman–Crippen MR) is 113 cm³/mol. The molecule has 6 nitrogen and oxygen atoms in total. The summed E-state index contributed by atoms with van der Waals surface area (Å²) in [6.07, 6.45) is -0.763. The van der Waals surface area contributed by atoms with E-state index >= 15 is 0 Å². The van der Waals surface area contributed by atoms with Crippen molar-refractivity contribution in [2.45, 2.75) is 45.6 Å². The molecule has 0 spiro atoms. The summed E-state index contributed by atoms with van der Waals surface area (Å²) in [5.41, 5.74) is 3.03. The second kappa shape index (κ2) is 9.12. The first-order chi connectivity index (χ1) is 15.3. The third kappa shape index (κ3) is 5.16. The number of halogens is 3. The lowest BCUT2D eigenvalue weighted by Gasteiger charge is -2.27. The number of hydrogen-bond donors (Lipinski definition) is 1. The van der Waals surface area contributed by atoms with Gasteiger partial charge in [-0.25, -0.2) is 4.98 Å². The van der Waals surface area contributed by atoms with E-state index in [0.717, 1.165) is 36.5 Å². The van der Waals surface area contributed by atoms with Gasteiger partial charge in [-0.1, -0.05) is 25.1 Å². The van der Waals surface area contributed by atoms with Gasteiger partial charge in [-0.15, -0.1) is 13.2 Å².